The molecule has 1 aromatic rings. The molecule has 102 valence electrons. The van der Waals surface area contributed by atoms with E-state index in [1.165, 1.54) is 7.11 Å². The number of carbonyl (C=O) groups excluding carboxylic acids is 2. The van der Waals surface area contributed by atoms with E-state index in [-0.39, 0.29) is 12.5 Å². The zero-order valence-electron chi connectivity index (χ0n) is 11.0. The molecule has 0 aromatic carbocycles. The summed E-state index contributed by atoms with van der Waals surface area (Å²) in [6, 6.07) is 3.45. The molecule has 1 aliphatic heterocycles. The van der Waals surface area contributed by atoms with Crippen LogP contribution < -0.4 is 0 Å². The lowest BCUT2D eigenvalue weighted by molar-refractivity contribution is -0.158. The van der Waals surface area contributed by atoms with E-state index in [9.17, 15) is 9.59 Å². The number of methoxy groups -OCH3 is 1. The van der Waals surface area contributed by atoms with Gasteiger partial charge in [-0.2, -0.15) is 0 Å². The maximum atomic E-state index is 12.4. The highest BCUT2D eigenvalue weighted by Gasteiger charge is 2.30. The van der Waals surface area contributed by atoms with E-state index in [0.29, 0.717) is 24.4 Å². The monoisotopic (exact) mass is 264 g/mol. The Morgan fingerprint density at radius 3 is 3.00 bits per heavy atom. The molecule has 1 amide bonds. The molecule has 0 radical (unpaired) electrons. The van der Waals surface area contributed by atoms with Crippen molar-refractivity contribution in [3.63, 3.8) is 0 Å². The molecule has 19 heavy (non-hydrogen) atoms. The van der Waals surface area contributed by atoms with Crippen molar-refractivity contribution >= 4 is 11.9 Å². The third-order valence-electron chi connectivity index (χ3n) is 3.06. The molecule has 1 unspecified atom stereocenters. The first-order valence-corrected chi connectivity index (χ1v) is 6.04. The van der Waals surface area contributed by atoms with Crippen LogP contribution in [0.5, 0.6) is 0 Å². The molecule has 6 heteroatoms. The molecule has 6 nitrogen and oxygen atoms in total. The molecule has 0 aliphatic carbocycles. The summed E-state index contributed by atoms with van der Waals surface area (Å²) in [5, 5.41) is 0. The van der Waals surface area contributed by atoms with Gasteiger partial charge in [0, 0.05) is 18.4 Å². The van der Waals surface area contributed by atoms with Gasteiger partial charge < -0.3 is 14.4 Å². The van der Waals surface area contributed by atoms with Crippen molar-refractivity contribution in [1.82, 2.24) is 9.88 Å². The van der Waals surface area contributed by atoms with Crippen molar-refractivity contribution in [1.29, 1.82) is 0 Å². The Labute approximate surface area is 111 Å². The van der Waals surface area contributed by atoms with Crippen molar-refractivity contribution < 1.29 is 19.1 Å². The number of amides is 1. The van der Waals surface area contributed by atoms with Gasteiger partial charge in [-0.1, -0.05) is 0 Å². The molecule has 1 aromatic heterocycles. The number of pyridine rings is 1. The van der Waals surface area contributed by atoms with Gasteiger partial charge in [-0.15, -0.1) is 0 Å². The lowest BCUT2D eigenvalue weighted by atomic mass is 10.1. The summed E-state index contributed by atoms with van der Waals surface area (Å²) >= 11 is 0. The highest BCUT2D eigenvalue weighted by Crippen LogP contribution is 2.13. The summed E-state index contributed by atoms with van der Waals surface area (Å²) in [5.74, 6) is -0.594. The van der Waals surface area contributed by atoms with Crippen molar-refractivity contribution in [2.24, 2.45) is 0 Å². The number of carbonyl (C=O) groups is 2. The molecule has 0 bridgehead atoms. The maximum absolute atomic E-state index is 12.4. The van der Waals surface area contributed by atoms with E-state index in [0.717, 1.165) is 0 Å². The second kappa shape index (κ2) is 5.79. The number of hydrogen-bond acceptors (Lipinski definition) is 5. The molecule has 1 fully saturated rings. The number of nitrogens with zero attached hydrogens (tertiary/aromatic N) is 2. The van der Waals surface area contributed by atoms with Gasteiger partial charge in [-0.3, -0.25) is 9.78 Å². The van der Waals surface area contributed by atoms with Gasteiger partial charge in [0.1, 0.15) is 0 Å². The fourth-order valence-corrected chi connectivity index (χ4v) is 1.99. The number of aromatic nitrogens is 1. The summed E-state index contributed by atoms with van der Waals surface area (Å²) < 4.78 is 9.93. The van der Waals surface area contributed by atoms with Crippen LogP contribution in [-0.2, 0) is 14.3 Å². The molecule has 1 atom stereocenters. The van der Waals surface area contributed by atoms with E-state index in [2.05, 4.69) is 9.72 Å². The standard InChI is InChI=1S/C13H16N2O4/c1-9-10(4-3-5-14-9)12(16)15-6-7-19-11(8-15)13(17)18-2/h3-5,11H,6-8H2,1-2H3. The highest BCUT2D eigenvalue weighted by atomic mass is 16.6. The van der Waals surface area contributed by atoms with E-state index in [4.69, 9.17) is 4.74 Å². The molecule has 1 saturated heterocycles. The zero-order chi connectivity index (χ0) is 13.8. The Balaban J connectivity index is 2.11. The molecule has 1 aliphatic rings. The molecule has 2 rings (SSSR count). The molecule has 0 N–H and O–H groups in total. The van der Waals surface area contributed by atoms with Crippen LogP contribution in [0.3, 0.4) is 0 Å². The van der Waals surface area contributed by atoms with Crippen molar-refractivity contribution in [2.75, 3.05) is 26.8 Å². The Bertz CT molecular complexity index is 489. The number of morpholine rings is 1. The first-order valence-electron chi connectivity index (χ1n) is 6.04. The largest absolute Gasteiger partial charge is 0.467 e. The molecular formula is C13H16N2O4. The molecular weight excluding hydrogens is 248 g/mol. The van der Waals surface area contributed by atoms with Crippen LogP contribution in [0.2, 0.25) is 0 Å². The predicted molar refractivity (Wildman–Crippen MR) is 66.6 cm³/mol. The van der Waals surface area contributed by atoms with Crippen LogP contribution >= 0.6 is 0 Å². The minimum atomic E-state index is -0.709. The lowest BCUT2D eigenvalue weighted by Gasteiger charge is -2.31. The molecule has 2 heterocycles. The topological polar surface area (TPSA) is 68.7 Å². The Morgan fingerprint density at radius 2 is 2.32 bits per heavy atom. The maximum Gasteiger partial charge on any atom is 0.336 e. The summed E-state index contributed by atoms with van der Waals surface area (Å²) in [4.78, 5) is 29.5. The van der Waals surface area contributed by atoms with Crippen molar-refractivity contribution in [3.8, 4) is 0 Å². The second-order valence-corrected chi connectivity index (χ2v) is 4.27. The SMILES string of the molecule is COC(=O)C1CN(C(=O)c2cccnc2C)CCO1. The second-order valence-electron chi connectivity index (χ2n) is 4.27. The van der Waals surface area contributed by atoms with Crippen LogP contribution in [0.25, 0.3) is 0 Å². The summed E-state index contributed by atoms with van der Waals surface area (Å²) in [6.45, 7) is 2.77. The van der Waals surface area contributed by atoms with Gasteiger partial charge in [0.15, 0.2) is 6.10 Å². The van der Waals surface area contributed by atoms with Gasteiger partial charge in [0.05, 0.1) is 25.8 Å². The van der Waals surface area contributed by atoms with Gasteiger partial charge in [-0.05, 0) is 19.1 Å². The fourth-order valence-electron chi connectivity index (χ4n) is 1.99. The van der Waals surface area contributed by atoms with Gasteiger partial charge in [-0.25, -0.2) is 4.79 Å². The van der Waals surface area contributed by atoms with Crippen molar-refractivity contribution in [3.05, 3.63) is 29.6 Å². The fraction of sp³-hybridized carbons (Fsp3) is 0.462. The number of ether oxygens (including phenoxy) is 2. The predicted octanol–water partition coefficient (Wildman–Crippen LogP) is 0.404. The number of hydrogen-bond donors (Lipinski definition) is 0. The Morgan fingerprint density at radius 1 is 1.53 bits per heavy atom. The van der Waals surface area contributed by atoms with Gasteiger partial charge in [0.25, 0.3) is 5.91 Å². The summed E-state index contributed by atoms with van der Waals surface area (Å²) in [5.41, 5.74) is 1.22. The number of esters is 1. The van der Waals surface area contributed by atoms with Crippen LogP contribution in [0.4, 0.5) is 0 Å². The average Bonchev–Trinajstić information content (AvgIpc) is 2.46. The average molecular weight is 264 g/mol. The lowest BCUT2D eigenvalue weighted by Crippen LogP contribution is -2.49. The van der Waals surface area contributed by atoms with Crippen LogP contribution in [0.1, 0.15) is 16.1 Å². The molecule has 0 saturated carbocycles. The van der Waals surface area contributed by atoms with Crippen LogP contribution in [0, 0.1) is 6.92 Å². The summed E-state index contributed by atoms with van der Waals surface area (Å²) in [7, 11) is 1.30. The van der Waals surface area contributed by atoms with E-state index in [1.807, 2.05) is 0 Å². The van der Waals surface area contributed by atoms with E-state index < -0.39 is 12.1 Å². The smallest absolute Gasteiger partial charge is 0.336 e. The van der Waals surface area contributed by atoms with Gasteiger partial charge in [0.2, 0.25) is 0 Å². The quantitative estimate of drug-likeness (QED) is 0.723. The zero-order valence-corrected chi connectivity index (χ0v) is 11.0. The van der Waals surface area contributed by atoms with E-state index >= 15 is 0 Å². The third kappa shape index (κ3) is 2.90. The highest BCUT2D eigenvalue weighted by molar-refractivity contribution is 5.95. The van der Waals surface area contributed by atoms with Gasteiger partial charge >= 0.3 is 5.97 Å². The summed E-state index contributed by atoms with van der Waals surface area (Å²) in [6.07, 6.45) is 0.933. The Kier molecular flexibility index (Phi) is 4.11. The van der Waals surface area contributed by atoms with Crippen LogP contribution in [0.15, 0.2) is 18.3 Å². The third-order valence-corrected chi connectivity index (χ3v) is 3.06. The van der Waals surface area contributed by atoms with E-state index in [1.54, 1.807) is 30.2 Å². The minimum Gasteiger partial charge on any atom is -0.467 e. The normalized spacial score (nSPS) is 19.1. The van der Waals surface area contributed by atoms with Crippen LogP contribution in [-0.4, -0.2) is 54.7 Å². The minimum absolute atomic E-state index is 0.136. The Hall–Kier alpha value is -1.95. The van der Waals surface area contributed by atoms with Crippen molar-refractivity contribution in [2.45, 2.75) is 13.0 Å². The number of aryl methyl sites for hydroxylation is 1. The first-order chi connectivity index (χ1) is 9.13. The molecule has 0 spiro atoms. The first kappa shape index (κ1) is 13.5. The number of rotatable bonds is 2.